The Labute approximate surface area is 109 Å². The molecule has 0 aromatic carbocycles. The smallest absolute Gasteiger partial charge is 0.344 e. The third-order valence-corrected chi connectivity index (χ3v) is 3.76. The van der Waals surface area contributed by atoms with E-state index < -0.39 is 5.69 Å². The Hall–Kier alpha value is -1.34. The van der Waals surface area contributed by atoms with Gasteiger partial charge in [-0.05, 0) is 31.6 Å². The number of aromatic amines is 2. The number of hydrogen-bond acceptors (Lipinski definition) is 4. The average Bonchev–Trinajstić information content (AvgIpc) is 3.25. The van der Waals surface area contributed by atoms with E-state index >= 15 is 0 Å². The molecule has 2 saturated heterocycles. The predicted octanol–water partition coefficient (Wildman–Crippen LogP) is -0.161. The van der Waals surface area contributed by atoms with Crippen molar-refractivity contribution in [1.82, 2.24) is 14.8 Å². The second kappa shape index (κ2) is 5.34. The lowest BCUT2D eigenvalue weighted by atomic mass is 9.93. The number of aryl methyl sites for hydroxylation is 1. The zero-order chi connectivity index (χ0) is 13.2. The van der Waals surface area contributed by atoms with Crippen molar-refractivity contribution in [2.24, 2.45) is 5.92 Å². The van der Waals surface area contributed by atoms with Crippen LogP contribution in [0.1, 0.15) is 25.7 Å². The van der Waals surface area contributed by atoms with Gasteiger partial charge in [0.1, 0.15) is 0 Å². The van der Waals surface area contributed by atoms with Crippen LogP contribution in [0.5, 0.6) is 0 Å². The van der Waals surface area contributed by atoms with Gasteiger partial charge in [-0.2, -0.15) is 0 Å². The highest BCUT2D eigenvalue weighted by molar-refractivity contribution is 4.77. The largest absolute Gasteiger partial charge is 0.373 e. The number of hydrogen-bond donors (Lipinski definition) is 2. The summed E-state index contributed by atoms with van der Waals surface area (Å²) in [5.41, 5.74) is -0.810. The summed E-state index contributed by atoms with van der Waals surface area (Å²) in [5, 5.41) is 2.48. The van der Waals surface area contributed by atoms with E-state index in [4.69, 9.17) is 9.47 Å². The number of aromatic nitrogens is 3. The van der Waals surface area contributed by atoms with E-state index in [0.29, 0.717) is 24.7 Å². The number of ether oxygens (including phenoxy) is 2. The van der Waals surface area contributed by atoms with E-state index in [1.165, 1.54) is 4.68 Å². The molecule has 1 aromatic rings. The molecular weight excluding hydrogens is 250 g/mol. The van der Waals surface area contributed by atoms with E-state index in [9.17, 15) is 9.59 Å². The van der Waals surface area contributed by atoms with Gasteiger partial charge in [-0.3, -0.25) is 4.98 Å². The predicted molar refractivity (Wildman–Crippen MR) is 67.1 cm³/mol. The molecular formula is C12H19N3O4. The minimum absolute atomic E-state index is 0.364. The molecule has 3 rings (SSSR count). The Kier molecular flexibility index (Phi) is 3.56. The summed E-state index contributed by atoms with van der Waals surface area (Å²) in [5.74, 6) is 0.516. The van der Waals surface area contributed by atoms with Crippen LogP contribution >= 0.6 is 0 Å². The van der Waals surface area contributed by atoms with Crippen LogP contribution in [0.25, 0.3) is 0 Å². The van der Waals surface area contributed by atoms with Crippen molar-refractivity contribution in [3.8, 4) is 0 Å². The lowest BCUT2D eigenvalue weighted by Crippen LogP contribution is -2.20. The first kappa shape index (κ1) is 12.7. The fraction of sp³-hybridized carbons (Fsp3) is 0.833. The average molecular weight is 269 g/mol. The molecule has 0 saturated carbocycles. The number of H-pyrrole nitrogens is 2. The van der Waals surface area contributed by atoms with Crippen molar-refractivity contribution in [2.75, 3.05) is 13.2 Å². The van der Waals surface area contributed by atoms with Crippen LogP contribution in [0.4, 0.5) is 0 Å². The zero-order valence-electron chi connectivity index (χ0n) is 10.8. The first-order valence-corrected chi connectivity index (χ1v) is 6.83. The fourth-order valence-corrected chi connectivity index (χ4v) is 2.45. The molecule has 106 valence electrons. The molecule has 1 aromatic heterocycles. The third kappa shape index (κ3) is 3.81. The second-order valence-corrected chi connectivity index (χ2v) is 5.40. The standard InChI is InChI=1S/C12H19N3O4/c16-11-13-12(17)15(14-11)4-3-8(5-10-7-19-10)1-2-9-6-18-9/h8-10H,1-7H2,(H2,13,14,16,17). The fourth-order valence-electron chi connectivity index (χ4n) is 2.45. The van der Waals surface area contributed by atoms with Crippen LogP contribution in [0.2, 0.25) is 0 Å². The zero-order valence-corrected chi connectivity index (χ0v) is 10.8. The third-order valence-electron chi connectivity index (χ3n) is 3.76. The van der Waals surface area contributed by atoms with Gasteiger partial charge in [-0.25, -0.2) is 19.4 Å². The first-order chi connectivity index (χ1) is 9.20. The normalized spacial score (nSPS) is 26.3. The maximum atomic E-state index is 11.4. The number of epoxide rings is 2. The van der Waals surface area contributed by atoms with Crippen molar-refractivity contribution >= 4 is 0 Å². The van der Waals surface area contributed by atoms with Gasteiger partial charge >= 0.3 is 11.4 Å². The Morgan fingerprint density at radius 3 is 2.53 bits per heavy atom. The maximum absolute atomic E-state index is 11.4. The molecule has 3 heterocycles. The van der Waals surface area contributed by atoms with Crippen LogP contribution in [-0.4, -0.2) is 40.2 Å². The second-order valence-electron chi connectivity index (χ2n) is 5.40. The Balaban J connectivity index is 1.51. The van der Waals surface area contributed by atoms with Crippen LogP contribution in [0, 0.1) is 5.92 Å². The lowest BCUT2D eigenvalue weighted by molar-refractivity contribution is 0.297. The van der Waals surface area contributed by atoms with Crippen LogP contribution in [-0.2, 0) is 16.0 Å². The van der Waals surface area contributed by atoms with Crippen LogP contribution < -0.4 is 11.4 Å². The number of nitrogens with zero attached hydrogens (tertiary/aromatic N) is 1. The Bertz CT molecular complexity index is 524. The number of nitrogens with one attached hydrogen (secondary N) is 2. The molecule has 3 unspecified atom stereocenters. The van der Waals surface area contributed by atoms with Gasteiger partial charge in [0.05, 0.1) is 25.4 Å². The molecule has 19 heavy (non-hydrogen) atoms. The van der Waals surface area contributed by atoms with Crippen molar-refractivity contribution in [3.05, 3.63) is 21.0 Å². The summed E-state index contributed by atoms with van der Waals surface area (Å²) in [6.45, 7) is 2.29. The van der Waals surface area contributed by atoms with E-state index in [2.05, 4.69) is 10.1 Å². The minimum Gasteiger partial charge on any atom is -0.373 e. The van der Waals surface area contributed by atoms with Crippen LogP contribution in [0.15, 0.2) is 9.59 Å². The number of rotatable bonds is 8. The monoisotopic (exact) mass is 269 g/mol. The topological polar surface area (TPSA) is 95.7 Å². The summed E-state index contributed by atoms with van der Waals surface area (Å²) >= 11 is 0. The highest BCUT2D eigenvalue weighted by Crippen LogP contribution is 2.28. The summed E-state index contributed by atoms with van der Waals surface area (Å²) in [7, 11) is 0. The summed E-state index contributed by atoms with van der Waals surface area (Å²) in [6.07, 6.45) is 4.92. The van der Waals surface area contributed by atoms with Gasteiger partial charge < -0.3 is 9.47 Å². The molecule has 7 heteroatoms. The van der Waals surface area contributed by atoms with E-state index in [0.717, 1.165) is 38.9 Å². The van der Waals surface area contributed by atoms with Gasteiger partial charge in [0, 0.05) is 6.54 Å². The van der Waals surface area contributed by atoms with E-state index in [1.54, 1.807) is 0 Å². The van der Waals surface area contributed by atoms with Gasteiger partial charge in [-0.15, -0.1) is 0 Å². The molecule has 7 nitrogen and oxygen atoms in total. The van der Waals surface area contributed by atoms with Gasteiger partial charge in [0.15, 0.2) is 0 Å². The molecule has 3 atom stereocenters. The Morgan fingerprint density at radius 2 is 1.95 bits per heavy atom. The lowest BCUT2D eigenvalue weighted by Gasteiger charge is -2.15. The molecule has 2 fully saturated rings. The van der Waals surface area contributed by atoms with E-state index in [1.807, 2.05) is 0 Å². The quantitative estimate of drug-likeness (QED) is 0.641. The molecule has 0 radical (unpaired) electrons. The summed E-state index contributed by atoms with van der Waals surface area (Å²) in [4.78, 5) is 24.6. The maximum Gasteiger partial charge on any atom is 0.344 e. The summed E-state index contributed by atoms with van der Waals surface area (Å²) < 4.78 is 11.8. The molecule has 2 aliphatic heterocycles. The highest BCUT2D eigenvalue weighted by Gasteiger charge is 2.29. The summed E-state index contributed by atoms with van der Waals surface area (Å²) in [6, 6.07) is 0. The molecule has 2 N–H and O–H groups in total. The molecule has 0 spiro atoms. The van der Waals surface area contributed by atoms with Crippen LogP contribution in [0.3, 0.4) is 0 Å². The van der Waals surface area contributed by atoms with Gasteiger partial charge in [0.25, 0.3) is 0 Å². The van der Waals surface area contributed by atoms with Gasteiger partial charge in [0.2, 0.25) is 0 Å². The van der Waals surface area contributed by atoms with Crippen molar-refractivity contribution in [3.63, 3.8) is 0 Å². The van der Waals surface area contributed by atoms with E-state index in [-0.39, 0.29) is 5.69 Å². The molecule has 2 aliphatic rings. The molecule has 0 bridgehead atoms. The first-order valence-electron chi connectivity index (χ1n) is 6.83. The van der Waals surface area contributed by atoms with Crippen molar-refractivity contribution < 1.29 is 9.47 Å². The van der Waals surface area contributed by atoms with Crippen molar-refractivity contribution in [2.45, 2.75) is 44.4 Å². The molecule has 0 amide bonds. The Morgan fingerprint density at radius 1 is 1.21 bits per heavy atom. The van der Waals surface area contributed by atoms with Crippen molar-refractivity contribution in [1.29, 1.82) is 0 Å². The molecule has 0 aliphatic carbocycles. The minimum atomic E-state index is -0.446. The highest BCUT2D eigenvalue weighted by atomic mass is 16.6. The SMILES string of the molecule is O=c1[nH]c(=O)n(CCC(CCC2CO2)CC2CO2)[nH]1. The van der Waals surface area contributed by atoms with Gasteiger partial charge in [-0.1, -0.05) is 0 Å².